The Kier molecular flexibility index (Phi) is 3.90. The smallest absolute Gasteiger partial charge is 0.254 e. The second kappa shape index (κ2) is 5.83. The van der Waals surface area contributed by atoms with Crippen molar-refractivity contribution in [1.82, 2.24) is 4.98 Å². The predicted molar refractivity (Wildman–Crippen MR) is 86.4 cm³/mol. The van der Waals surface area contributed by atoms with Crippen molar-refractivity contribution in [3.8, 4) is 0 Å². The summed E-state index contributed by atoms with van der Waals surface area (Å²) in [5, 5.41) is 3.30. The lowest BCUT2D eigenvalue weighted by Gasteiger charge is -2.17. The maximum absolute atomic E-state index is 11.8. The summed E-state index contributed by atoms with van der Waals surface area (Å²) in [6.07, 6.45) is 1.75. The van der Waals surface area contributed by atoms with Crippen LogP contribution in [-0.2, 0) is 11.3 Å². The van der Waals surface area contributed by atoms with Gasteiger partial charge in [0, 0.05) is 16.8 Å². The van der Waals surface area contributed by atoms with Crippen molar-refractivity contribution >= 4 is 46.1 Å². The Labute approximate surface area is 131 Å². The SMILES string of the molecule is CC1=NCC(=O)N1c1cccc(NCc2cnc(Cl)s2)c1. The summed E-state index contributed by atoms with van der Waals surface area (Å²) in [5.74, 6) is 0.727. The number of thiazole rings is 1. The van der Waals surface area contributed by atoms with E-state index >= 15 is 0 Å². The number of benzene rings is 1. The van der Waals surface area contributed by atoms with E-state index in [0.717, 1.165) is 22.1 Å². The van der Waals surface area contributed by atoms with Crippen molar-refractivity contribution in [3.63, 3.8) is 0 Å². The molecule has 108 valence electrons. The molecule has 0 fully saturated rings. The number of rotatable bonds is 4. The molecule has 1 amide bonds. The van der Waals surface area contributed by atoms with E-state index in [0.29, 0.717) is 11.0 Å². The van der Waals surface area contributed by atoms with Crippen LogP contribution in [0.15, 0.2) is 35.5 Å². The highest BCUT2D eigenvalue weighted by atomic mass is 35.5. The lowest BCUT2D eigenvalue weighted by atomic mass is 10.2. The van der Waals surface area contributed by atoms with Gasteiger partial charge in [-0.15, -0.1) is 11.3 Å². The molecule has 1 N–H and O–H groups in total. The molecule has 2 heterocycles. The van der Waals surface area contributed by atoms with E-state index in [1.165, 1.54) is 11.3 Å². The summed E-state index contributed by atoms with van der Waals surface area (Å²) < 4.78 is 0.537. The highest BCUT2D eigenvalue weighted by molar-refractivity contribution is 7.15. The first-order chi connectivity index (χ1) is 10.1. The Hall–Kier alpha value is -1.92. The molecule has 1 aliphatic heterocycles. The van der Waals surface area contributed by atoms with Gasteiger partial charge in [-0.2, -0.15) is 0 Å². The molecule has 0 saturated carbocycles. The summed E-state index contributed by atoms with van der Waals surface area (Å²) in [6, 6.07) is 7.71. The van der Waals surface area contributed by atoms with E-state index in [9.17, 15) is 4.79 Å². The summed E-state index contributed by atoms with van der Waals surface area (Å²) in [6.45, 7) is 2.71. The zero-order valence-corrected chi connectivity index (χ0v) is 12.9. The fourth-order valence-corrected chi connectivity index (χ4v) is 3.06. The normalized spacial score (nSPS) is 14.5. The van der Waals surface area contributed by atoms with E-state index in [2.05, 4.69) is 15.3 Å². The van der Waals surface area contributed by atoms with Gasteiger partial charge in [-0.3, -0.25) is 14.7 Å². The van der Waals surface area contributed by atoms with Crippen LogP contribution in [0.4, 0.5) is 11.4 Å². The highest BCUT2D eigenvalue weighted by Crippen LogP contribution is 2.24. The van der Waals surface area contributed by atoms with Gasteiger partial charge in [0.15, 0.2) is 4.47 Å². The number of halogens is 1. The Morgan fingerprint density at radius 3 is 3.00 bits per heavy atom. The molecule has 1 aromatic carbocycles. The fourth-order valence-electron chi connectivity index (χ4n) is 2.14. The summed E-state index contributed by atoms with van der Waals surface area (Å²) in [5.41, 5.74) is 1.76. The van der Waals surface area contributed by atoms with Crippen LogP contribution in [0.25, 0.3) is 0 Å². The molecule has 5 nitrogen and oxygen atoms in total. The van der Waals surface area contributed by atoms with Gasteiger partial charge >= 0.3 is 0 Å². The molecule has 3 rings (SSSR count). The summed E-state index contributed by atoms with van der Waals surface area (Å²) >= 11 is 7.25. The minimum atomic E-state index is -0.00103. The van der Waals surface area contributed by atoms with E-state index in [1.807, 2.05) is 31.2 Å². The van der Waals surface area contributed by atoms with Crippen LogP contribution >= 0.6 is 22.9 Å². The second-order valence-corrected chi connectivity index (χ2v) is 6.27. The number of carbonyl (C=O) groups is 1. The number of hydrogen-bond acceptors (Lipinski definition) is 5. The van der Waals surface area contributed by atoms with Crippen LogP contribution < -0.4 is 10.2 Å². The molecule has 0 atom stereocenters. The van der Waals surface area contributed by atoms with Gasteiger partial charge in [0.2, 0.25) is 0 Å². The van der Waals surface area contributed by atoms with E-state index < -0.39 is 0 Å². The largest absolute Gasteiger partial charge is 0.380 e. The van der Waals surface area contributed by atoms with Gasteiger partial charge in [-0.1, -0.05) is 17.7 Å². The Morgan fingerprint density at radius 1 is 1.48 bits per heavy atom. The maximum atomic E-state index is 11.8. The number of nitrogens with one attached hydrogen (secondary N) is 1. The number of carbonyl (C=O) groups excluding carboxylic acids is 1. The van der Waals surface area contributed by atoms with Crippen molar-refractivity contribution in [1.29, 1.82) is 0 Å². The van der Waals surface area contributed by atoms with Crippen LogP contribution in [0, 0.1) is 0 Å². The standard InChI is InChI=1S/C14H13ClN4OS/c1-9-16-8-13(20)19(9)11-4-2-3-10(5-11)17-6-12-7-18-14(15)21-12/h2-5,7,17H,6,8H2,1H3. The van der Waals surface area contributed by atoms with Crippen molar-refractivity contribution < 1.29 is 4.79 Å². The zero-order valence-electron chi connectivity index (χ0n) is 11.3. The summed E-state index contributed by atoms with van der Waals surface area (Å²) in [4.78, 5) is 22.7. The topological polar surface area (TPSA) is 57.6 Å². The molecular formula is C14H13ClN4OS. The fraction of sp³-hybridized carbons (Fsp3) is 0.214. The number of nitrogens with zero attached hydrogens (tertiary/aromatic N) is 3. The first kappa shape index (κ1) is 14.0. The van der Waals surface area contributed by atoms with E-state index in [1.54, 1.807) is 11.1 Å². The first-order valence-electron chi connectivity index (χ1n) is 6.41. The molecule has 0 unspecified atom stereocenters. The molecule has 2 aromatic rings. The number of aliphatic imine (C=N–C) groups is 1. The van der Waals surface area contributed by atoms with Crippen molar-refractivity contribution in [2.75, 3.05) is 16.8 Å². The zero-order chi connectivity index (χ0) is 14.8. The molecule has 7 heteroatoms. The average molecular weight is 321 g/mol. The molecule has 1 aliphatic rings. The van der Waals surface area contributed by atoms with E-state index in [-0.39, 0.29) is 12.5 Å². The Balaban J connectivity index is 1.74. The molecule has 0 bridgehead atoms. The number of amidine groups is 1. The molecule has 0 aliphatic carbocycles. The van der Waals surface area contributed by atoms with Gasteiger partial charge in [0.1, 0.15) is 12.4 Å². The van der Waals surface area contributed by atoms with Crippen LogP contribution in [0.1, 0.15) is 11.8 Å². The van der Waals surface area contributed by atoms with Crippen LogP contribution in [0.3, 0.4) is 0 Å². The minimum Gasteiger partial charge on any atom is -0.380 e. The molecule has 0 saturated heterocycles. The quantitative estimate of drug-likeness (QED) is 0.941. The van der Waals surface area contributed by atoms with Crippen LogP contribution in [0.5, 0.6) is 0 Å². The molecular weight excluding hydrogens is 308 g/mol. The van der Waals surface area contributed by atoms with Gasteiger partial charge in [0.25, 0.3) is 5.91 Å². The van der Waals surface area contributed by atoms with Crippen LogP contribution in [0.2, 0.25) is 4.47 Å². The van der Waals surface area contributed by atoms with Gasteiger partial charge in [-0.05, 0) is 25.1 Å². The lowest BCUT2D eigenvalue weighted by Crippen LogP contribution is -2.30. The van der Waals surface area contributed by atoms with E-state index in [4.69, 9.17) is 11.6 Å². The van der Waals surface area contributed by atoms with Gasteiger partial charge in [-0.25, -0.2) is 4.98 Å². The third kappa shape index (κ3) is 3.06. The number of aromatic nitrogens is 1. The third-order valence-corrected chi connectivity index (χ3v) is 4.23. The third-order valence-electron chi connectivity index (χ3n) is 3.11. The number of anilines is 2. The minimum absolute atomic E-state index is 0.00103. The molecule has 21 heavy (non-hydrogen) atoms. The molecule has 0 spiro atoms. The molecule has 1 aromatic heterocycles. The summed E-state index contributed by atoms with van der Waals surface area (Å²) in [7, 11) is 0. The van der Waals surface area contributed by atoms with Crippen molar-refractivity contribution in [3.05, 3.63) is 39.8 Å². The van der Waals surface area contributed by atoms with Crippen LogP contribution in [-0.4, -0.2) is 23.3 Å². The first-order valence-corrected chi connectivity index (χ1v) is 7.61. The molecule has 0 radical (unpaired) electrons. The van der Waals surface area contributed by atoms with Crippen molar-refractivity contribution in [2.24, 2.45) is 4.99 Å². The van der Waals surface area contributed by atoms with Crippen molar-refractivity contribution in [2.45, 2.75) is 13.5 Å². The predicted octanol–water partition coefficient (Wildman–Crippen LogP) is 3.17. The highest BCUT2D eigenvalue weighted by Gasteiger charge is 2.23. The average Bonchev–Trinajstić information content (AvgIpc) is 3.03. The Bertz CT molecular complexity index is 713. The Morgan fingerprint density at radius 2 is 2.33 bits per heavy atom. The van der Waals surface area contributed by atoms with Gasteiger partial charge in [0.05, 0.1) is 12.2 Å². The van der Waals surface area contributed by atoms with Gasteiger partial charge < -0.3 is 5.32 Å². The lowest BCUT2D eigenvalue weighted by molar-refractivity contribution is -0.115. The number of hydrogen-bond donors (Lipinski definition) is 1. The monoisotopic (exact) mass is 320 g/mol. The maximum Gasteiger partial charge on any atom is 0.254 e. The number of amides is 1. The second-order valence-electron chi connectivity index (χ2n) is 4.58.